The van der Waals surface area contributed by atoms with Gasteiger partial charge in [0.25, 0.3) is 11.7 Å². The van der Waals surface area contributed by atoms with E-state index in [-0.39, 0.29) is 33.5 Å². The molecule has 0 aliphatic carbocycles. The molecule has 0 radical (unpaired) electrons. The number of aromatic hydroxyl groups is 1. The molecular formula is C23H21Cl3N2O5. The first-order valence-corrected chi connectivity index (χ1v) is 11.4. The zero-order valence-electron chi connectivity index (χ0n) is 17.4. The number of aliphatic hydroxyl groups is 1. The Morgan fingerprint density at radius 3 is 2.42 bits per heavy atom. The van der Waals surface area contributed by atoms with Crippen molar-refractivity contribution in [1.29, 1.82) is 0 Å². The van der Waals surface area contributed by atoms with E-state index in [4.69, 9.17) is 39.5 Å². The zero-order valence-corrected chi connectivity index (χ0v) is 19.7. The van der Waals surface area contributed by atoms with Gasteiger partial charge in [0, 0.05) is 31.2 Å². The van der Waals surface area contributed by atoms with Crippen LogP contribution >= 0.6 is 34.8 Å². The topological polar surface area (TPSA) is 90.3 Å². The molecule has 0 spiro atoms. The monoisotopic (exact) mass is 510 g/mol. The summed E-state index contributed by atoms with van der Waals surface area (Å²) in [7, 11) is 0. The number of nitrogens with zero attached hydrogens (tertiary/aromatic N) is 2. The lowest BCUT2D eigenvalue weighted by Crippen LogP contribution is -2.42. The highest BCUT2D eigenvalue weighted by molar-refractivity contribution is 6.47. The second-order valence-electron chi connectivity index (χ2n) is 7.78. The summed E-state index contributed by atoms with van der Waals surface area (Å²) in [5.74, 6) is -2.39. The highest BCUT2D eigenvalue weighted by Gasteiger charge is 2.46. The number of aliphatic hydroxyl groups excluding tert-OH is 1. The minimum atomic E-state index is -0.917. The highest BCUT2D eigenvalue weighted by Crippen LogP contribution is 2.42. The van der Waals surface area contributed by atoms with E-state index < -0.39 is 23.5 Å². The highest BCUT2D eigenvalue weighted by atomic mass is 35.5. The normalized spacial score (nSPS) is 21.1. The van der Waals surface area contributed by atoms with Gasteiger partial charge in [0.1, 0.15) is 11.5 Å². The van der Waals surface area contributed by atoms with E-state index in [0.29, 0.717) is 30.3 Å². The Labute approximate surface area is 205 Å². The second-order valence-corrected chi connectivity index (χ2v) is 9.03. The Morgan fingerprint density at radius 2 is 1.73 bits per heavy atom. The number of likely N-dealkylation sites (tertiary alicyclic amines) is 1. The molecule has 1 amide bonds. The van der Waals surface area contributed by atoms with Crippen molar-refractivity contribution in [2.45, 2.75) is 6.04 Å². The molecule has 33 heavy (non-hydrogen) atoms. The molecule has 174 valence electrons. The van der Waals surface area contributed by atoms with Crippen molar-refractivity contribution >= 4 is 52.3 Å². The Hall–Kier alpha value is -2.29. The average Bonchev–Trinajstić information content (AvgIpc) is 3.06. The van der Waals surface area contributed by atoms with Gasteiger partial charge in [0.05, 0.1) is 40.4 Å². The zero-order chi connectivity index (χ0) is 23.7. The van der Waals surface area contributed by atoms with Gasteiger partial charge in [-0.1, -0.05) is 40.9 Å². The summed E-state index contributed by atoms with van der Waals surface area (Å²) in [5, 5.41) is 22.2. The maximum absolute atomic E-state index is 13.1. The van der Waals surface area contributed by atoms with Crippen LogP contribution in [0.1, 0.15) is 17.2 Å². The summed E-state index contributed by atoms with van der Waals surface area (Å²) < 4.78 is 5.36. The molecule has 2 aliphatic heterocycles. The summed E-state index contributed by atoms with van der Waals surface area (Å²) in [4.78, 5) is 29.7. The van der Waals surface area contributed by atoms with Gasteiger partial charge in [-0.25, -0.2) is 0 Å². The minimum Gasteiger partial charge on any atom is -0.507 e. The number of carbonyl (C=O) groups is 2. The number of hydrogen-bond acceptors (Lipinski definition) is 6. The van der Waals surface area contributed by atoms with Crippen LogP contribution in [0.2, 0.25) is 15.1 Å². The van der Waals surface area contributed by atoms with Crippen LogP contribution in [0.3, 0.4) is 0 Å². The fraction of sp³-hybridized carbons (Fsp3) is 0.304. The van der Waals surface area contributed by atoms with Crippen LogP contribution in [-0.4, -0.2) is 71.1 Å². The van der Waals surface area contributed by atoms with Crippen LogP contribution in [0.15, 0.2) is 42.0 Å². The molecule has 2 aliphatic rings. The Balaban J connectivity index is 1.79. The predicted molar refractivity (Wildman–Crippen MR) is 126 cm³/mol. The summed E-state index contributed by atoms with van der Waals surface area (Å²) in [5.41, 5.74) is 0.310. The van der Waals surface area contributed by atoms with Gasteiger partial charge in [-0.3, -0.25) is 14.5 Å². The van der Waals surface area contributed by atoms with E-state index in [1.165, 1.54) is 23.1 Å². The molecule has 7 nitrogen and oxygen atoms in total. The number of benzene rings is 2. The fourth-order valence-electron chi connectivity index (χ4n) is 4.06. The maximum Gasteiger partial charge on any atom is 0.295 e. The summed E-state index contributed by atoms with van der Waals surface area (Å²) in [6, 6.07) is 7.95. The number of morpholine rings is 1. The van der Waals surface area contributed by atoms with Gasteiger partial charge in [0.15, 0.2) is 0 Å². The van der Waals surface area contributed by atoms with Crippen LogP contribution in [0.4, 0.5) is 0 Å². The molecule has 2 aromatic carbocycles. The summed E-state index contributed by atoms with van der Waals surface area (Å²) in [6.07, 6.45) is 0. The van der Waals surface area contributed by atoms with Crippen LogP contribution in [-0.2, 0) is 14.3 Å². The SMILES string of the molecule is O=C1C(=O)N(CCN2CCOCC2)[C@H](c2ccc(Cl)c(Cl)c2)C1=C(O)c1cc(Cl)ccc1O. The summed E-state index contributed by atoms with van der Waals surface area (Å²) in [6.45, 7) is 3.41. The minimum absolute atomic E-state index is 0.0428. The van der Waals surface area contributed by atoms with Crippen molar-refractivity contribution < 1.29 is 24.5 Å². The Morgan fingerprint density at radius 1 is 1.00 bits per heavy atom. The van der Waals surface area contributed by atoms with Gasteiger partial charge in [0.2, 0.25) is 0 Å². The molecule has 2 saturated heterocycles. The van der Waals surface area contributed by atoms with Crippen molar-refractivity contribution in [3.8, 4) is 5.75 Å². The van der Waals surface area contributed by atoms with E-state index in [0.717, 1.165) is 13.1 Å². The van der Waals surface area contributed by atoms with Gasteiger partial charge < -0.3 is 19.8 Å². The molecule has 2 fully saturated rings. The number of carbonyl (C=O) groups excluding carboxylic acids is 2. The average molecular weight is 512 g/mol. The largest absolute Gasteiger partial charge is 0.507 e. The molecule has 0 bridgehead atoms. The van der Waals surface area contributed by atoms with Crippen LogP contribution in [0, 0.1) is 0 Å². The number of phenolic OH excluding ortho intramolecular Hbond substituents is 1. The lowest BCUT2D eigenvalue weighted by molar-refractivity contribution is -0.140. The number of hydrogen-bond donors (Lipinski definition) is 2. The van der Waals surface area contributed by atoms with E-state index in [9.17, 15) is 19.8 Å². The smallest absolute Gasteiger partial charge is 0.295 e. The molecule has 4 rings (SSSR count). The molecule has 10 heteroatoms. The number of phenols is 1. The van der Waals surface area contributed by atoms with Gasteiger partial charge >= 0.3 is 0 Å². The van der Waals surface area contributed by atoms with Crippen molar-refractivity contribution in [3.05, 3.63) is 68.2 Å². The first-order valence-electron chi connectivity index (χ1n) is 10.3. The number of amides is 1. The molecular weight excluding hydrogens is 491 g/mol. The van der Waals surface area contributed by atoms with E-state index in [1.54, 1.807) is 18.2 Å². The van der Waals surface area contributed by atoms with E-state index in [2.05, 4.69) is 4.90 Å². The van der Waals surface area contributed by atoms with Gasteiger partial charge in [-0.05, 0) is 35.9 Å². The first-order chi connectivity index (χ1) is 15.8. The summed E-state index contributed by atoms with van der Waals surface area (Å²) >= 11 is 18.3. The first kappa shape index (κ1) is 23.9. The van der Waals surface area contributed by atoms with Crippen molar-refractivity contribution in [1.82, 2.24) is 9.80 Å². The third-order valence-electron chi connectivity index (χ3n) is 5.77. The van der Waals surface area contributed by atoms with Crippen LogP contribution in [0.5, 0.6) is 5.75 Å². The standard InChI is InChI=1S/C23H21Cl3N2O5/c24-14-2-4-18(29)15(12-14)21(30)19-20(13-1-3-16(25)17(26)11-13)28(23(32)22(19)31)6-5-27-7-9-33-10-8-27/h1-4,11-12,20,29-30H,5-10H2/t20-/m1/s1. The van der Waals surface area contributed by atoms with Crippen molar-refractivity contribution in [2.24, 2.45) is 0 Å². The molecule has 2 N–H and O–H groups in total. The molecule has 2 aromatic rings. The molecule has 0 unspecified atom stereocenters. The van der Waals surface area contributed by atoms with Gasteiger partial charge in [-0.2, -0.15) is 0 Å². The van der Waals surface area contributed by atoms with Crippen LogP contribution < -0.4 is 0 Å². The molecule has 1 atom stereocenters. The maximum atomic E-state index is 13.1. The molecule has 0 aromatic heterocycles. The molecule has 0 saturated carbocycles. The fourth-order valence-corrected chi connectivity index (χ4v) is 4.54. The number of ketones is 1. The third kappa shape index (κ3) is 4.83. The van der Waals surface area contributed by atoms with Crippen molar-refractivity contribution in [3.63, 3.8) is 0 Å². The second kappa shape index (κ2) is 9.91. The van der Waals surface area contributed by atoms with Crippen molar-refractivity contribution in [2.75, 3.05) is 39.4 Å². The lowest BCUT2D eigenvalue weighted by atomic mass is 9.95. The number of halogens is 3. The van der Waals surface area contributed by atoms with E-state index in [1.807, 2.05) is 0 Å². The molecule has 2 heterocycles. The lowest BCUT2D eigenvalue weighted by Gasteiger charge is -2.31. The number of rotatable bonds is 5. The van der Waals surface area contributed by atoms with E-state index >= 15 is 0 Å². The number of ether oxygens (including phenoxy) is 1. The van der Waals surface area contributed by atoms with Gasteiger partial charge in [-0.15, -0.1) is 0 Å². The van der Waals surface area contributed by atoms with Crippen LogP contribution in [0.25, 0.3) is 5.76 Å². The third-order valence-corrected chi connectivity index (χ3v) is 6.75. The quantitative estimate of drug-likeness (QED) is 0.357. The Bertz CT molecular complexity index is 1130. The predicted octanol–water partition coefficient (Wildman–Crippen LogP) is 4.11. The Kier molecular flexibility index (Phi) is 7.16. The number of Topliss-reactive ketones (excluding diaryl/α,β-unsaturated/α-hetero) is 1.